The highest BCUT2D eigenvalue weighted by Gasteiger charge is 2.33. The molecule has 1 atom stereocenters. The Labute approximate surface area is 184 Å². The van der Waals surface area contributed by atoms with E-state index in [1.807, 2.05) is 31.3 Å². The molecule has 168 valence electrons. The second-order valence-corrected chi connectivity index (χ2v) is 8.30. The van der Waals surface area contributed by atoms with Gasteiger partial charge in [-0.1, -0.05) is 45.2 Å². The number of nitrogens with zero attached hydrogens (tertiary/aromatic N) is 3. The standard InChI is InChI=1S/C25H34FN3O2/c1-3-5-6-7-13-23(30)28(14-4-2)19-24(31)29-17-16-27-15-9-12-22(27)25(29)20-10-8-11-21(26)18-20/h8-12,15,18,25H,3-7,13-14,16-17,19H2,1-2H3. The molecular formula is C25H34FN3O2. The van der Waals surface area contributed by atoms with Crippen molar-refractivity contribution < 1.29 is 14.0 Å². The number of carbonyl (C=O) groups is 2. The van der Waals surface area contributed by atoms with E-state index in [1.54, 1.807) is 15.9 Å². The van der Waals surface area contributed by atoms with Crippen molar-refractivity contribution in [3.8, 4) is 0 Å². The molecule has 1 unspecified atom stereocenters. The Morgan fingerprint density at radius 3 is 2.65 bits per heavy atom. The second kappa shape index (κ2) is 11.1. The topological polar surface area (TPSA) is 45.6 Å². The van der Waals surface area contributed by atoms with Gasteiger partial charge in [0.15, 0.2) is 0 Å². The van der Waals surface area contributed by atoms with Crippen molar-refractivity contribution >= 4 is 11.8 Å². The van der Waals surface area contributed by atoms with Crippen LogP contribution in [0.4, 0.5) is 4.39 Å². The first-order valence-corrected chi connectivity index (χ1v) is 11.5. The molecule has 1 aromatic carbocycles. The first kappa shape index (κ1) is 23.0. The van der Waals surface area contributed by atoms with Gasteiger partial charge >= 0.3 is 0 Å². The van der Waals surface area contributed by atoms with Crippen LogP contribution in [0.15, 0.2) is 42.6 Å². The first-order valence-electron chi connectivity index (χ1n) is 11.5. The first-order chi connectivity index (χ1) is 15.0. The van der Waals surface area contributed by atoms with Crippen LogP contribution in [0.1, 0.15) is 69.7 Å². The number of amides is 2. The van der Waals surface area contributed by atoms with Crippen LogP contribution in [-0.4, -0.2) is 45.8 Å². The van der Waals surface area contributed by atoms with Crippen LogP contribution < -0.4 is 0 Å². The van der Waals surface area contributed by atoms with Crippen molar-refractivity contribution in [2.24, 2.45) is 0 Å². The fourth-order valence-electron chi connectivity index (χ4n) is 4.36. The summed E-state index contributed by atoms with van der Waals surface area (Å²) >= 11 is 0. The van der Waals surface area contributed by atoms with Crippen molar-refractivity contribution in [3.63, 3.8) is 0 Å². The number of fused-ring (bicyclic) bond motifs is 1. The fraction of sp³-hybridized carbons (Fsp3) is 0.520. The zero-order chi connectivity index (χ0) is 22.2. The molecule has 3 rings (SSSR count). The van der Waals surface area contributed by atoms with E-state index in [2.05, 4.69) is 11.5 Å². The van der Waals surface area contributed by atoms with Crippen molar-refractivity contribution in [1.82, 2.24) is 14.4 Å². The van der Waals surface area contributed by atoms with E-state index in [0.717, 1.165) is 43.4 Å². The molecule has 2 heterocycles. The molecule has 0 spiro atoms. The molecule has 0 saturated heterocycles. The lowest BCUT2D eigenvalue weighted by Crippen LogP contribution is -2.48. The Balaban J connectivity index is 1.77. The molecule has 1 aliphatic heterocycles. The molecule has 2 aromatic rings. The summed E-state index contributed by atoms with van der Waals surface area (Å²) in [5.74, 6) is -0.352. The van der Waals surface area contributed by atoms with Gasteiger partial charge in [-0.2, -0.15) is 0 Å². The summed E-state index contributed by atoms with van der Waals surface area (Å²) < 4.78 is 16.1. The third kappa shape index (κ3) is 5.75. The monoisotopic (exact) mass is 427 g/mol. The molecule has 0 fully saturated rings. The van der Waals surface area contributed by atoms with Crippen molar-refractivity contribution in [2.75, 3.05) is 19.6 Å². The van der Waals surface area contributed by atoms with Gasteiger partial charge in [-0.25, -0.2) is 4.39 Å². The molecular weight excluding hydrogens is 393 g/mol. The molecule has 0 aliphatic carbocycles. The van der Waals surface area contributed by atoms with Gasteiger partial charge in [0.2, 0.25) is 11.8 Å². The lowest BCUT2D eigenvalue weighted by molar-refractivity contribution is -0.142. The summed E-state index contributed by atoms with van der Waals surface area (Å²) in [5, 5.41) is 0. The normalized spacial score (nSPS) is 15.6. The van der Waals surface area contributed by atoms with E-state index in [-0.39, 0.29) is 30.2 Å². The number of hydrogen-bond donors (Lipinski definition) is 0. The zero-order valence-corrected chi connectivity index (χ0v) is 18.7. The lowest BCUT2D eigenvalue weighted by atomic mass is 9.99. The predicted octanol–water partition coefficient (Wildman–Crippen LogP) is 4.77. The fourth-order valence-corrected chi connectivity index (χ4v) is 4.36. The number of carbonyl (C=O) groups excluding carboxylic acids is 2. The van der Waals surface area contributed by atoms with Gasteiger partial charge in [-0.3, -0.25) is 9.59 Å². The maximum atomic E-state index is 14.0. The summed E-state index contributed by atoms with van der Waals surface area (Å²) in [5.41, 5.74) is 1.72. The summed E-state index contributed by atoms with van der Waals surface area (Å²) in [6.45, 7) is 6.05. The summed E-state index contributed by atoms with van der Waals surface area (Å²) in [6, 6.07) is 10.0. The van der Waals surface area contributed by atoms with Crippen molar-refractivity contribution in [3.05, 3.63) is 59.7 Å². The molecule has 0 bridgehead atoms. The van der Waals surface area contributed by atoms with E-state index in [9.17, 15) is 14.0 Å². The van der Waals surface area contributed by atoms with Gasteiger partial charge < -0.3 is 14.4 Å². The van der Waals surface area contributed by atoms with Gasteiger partial charge in [0.05, 0.1) is 12.6 Å². The smallest absolute Gasteiger partial charge is 0.243 e. The lowest BCUT2D eigenvalue weighted by Gasteiger charge is -2.38. The van der Waals surface area contributed by atoms with Gasteiger partial charge in [-0.05, 0) is 42.7 Å². The van der Waals surface area contributed by atoms with Gasteiger partial charge in [-0.15, -0.1) is 0 Å². The third-order valence-corrected chi connectivity index (χ3v) is 5.94. The predicted molar refractivity (Wildman–Crippen MR) is 120 cm³/mol. The minimum absolute atomic E-state index is 0.0500. The van der Waals surface area contributed by atoms with Crippen molar-refractivity contribution in [1.29, 1.82) is 0 Å². The molecule has 0 N–H and O–H groups in total. The van der Waals surface area contributed by atoms with Crippen LogP contribution in [0, 0.1) is 5.82 Å². The summed E-state index contributed by atoms with van der Waals surface area (Å²) in [4.78, 5) is 29.7. The van der Waals surface area contributed by atoms with Gasteiger partial charge in [0.25, 0.3) is 0 Å². The minimum atomic E-state index is -0.352. The highest BCUT2D eigenvalue weighted by Crippen LogP contribution is 2.32. The Bertz CT molecular complexity index is 879. The Hall–Kier alpha value is -2.63. The quantitative estimate of drug-likeness (QED) is 0.513. The van der Waals surface area contributed by atoms with E-state index in [0.29, 0.717) is 26.1 Å². The number of unbranched alkanes of at least 4 members (excludes halogenated alkanes) is 3. The summed E-state index contributed by atoms with van der Waals surface area (Å²) in [6.07, 6.45) is 7.46. The van der Waals surface area contributed by atoms with E-state index < -0.39 is 0 Å². The molecule has 6 heteroatoms. The number of aromatic nitrogens is 1. The third-order valence-electron chi connectivity index (χ3n) is 5.94. The minimum Gasteiger partial charge on any atom is -0.348 e. The SMILES string of the molecule is CCCCCCC(=O)N(CCC)CC(=O)N1CCn2cccc2C1c1cccc(F)c1. The average Bonchev–Trinajstić information content (AvgIpc) is 3.24. The Morgan fingerprint density at radius 1 is 1.06 bits per heavy atom. The van der Waals surface area contributed by atoms with Crippen molar-refractivity contribution in [2.45, 2.75) is 65.0 Å². The maximum Gasteiger partial charge on any atom is 0.243 e. The van der Waals surface area contributed by atoms with E-state index in [1.165, 1.54) is 12.1 Å². The highest BCUT2D eigenvalue weighted by molar-refractivity contribution is 5.85. The van der Waals surface area contributed by atoms with Crippen LogP contribution in [0.3, 0.4) is 0 Å². The average molecular weight is 428 g/mol. The molecule has 5 nitrogen and oxygen atoms in total. The number of halogens is 1. The van der Waals surface area contributed by atoms with E-state index >= 15 is 0 Å². The Morgan fingerprint density at radius 2 is 1.90 bits per heavy atom. The number of hydrogen-bond acceptors (Lipinski definition) is 2. The van der Waals surface area contributed by atoms with Crippen LogP contribution in [0.25, 0.3) is 0 Å². The van der Waals surface area contributed by atoms with Crippen LogP contribution in [-0.2, 0) is 16.1 Å². The largest absolute Gasteiger partial charge is 0.348 e. The van der Waals surface area contributed by atoms with Crippen LogP contribution in [0.2, 0.25) is 0 Å². The summed E-state index contributed by atoms with van der Waals surface area (Å²) in [7, 11) is 0. The number of benzene rings is 1. The molecule has 2 amide bonds. The zero-order valence-electron chi connectivity index (χ0n) is 18.7. The van der Waals surface area contributed by atoms with E-state index in [4.69, 9.17) is 0 Å². The Kier molecular flexibility index (Phi) is 8.27. The molecule has 0 radical (unpaired) electrons. The van der Waals surface area contributed by atoms with Crippen LogP contribution >= 0.6 is 0 Å². The second-order valence-electron chi connectivity index (χ2n) is 8.30. The highest BCUT2D eigenvalue weighted by atomic mass is 19.1. The van der Waals surface area contributed by atoms with Gasteiger partial charge in [0.1, 0.15) is 5.82 Å². The molecule has 0 saturated carbocycles. The number of rotatable bonds is 10. The molecule has 1 aliphatic rings. The molecule has 1 aromatic heterocycles. The van der Waals surface area contributed by atoms with Crippen LogP contribution in [0.5, 0.6) is 0 Å². The maximum absolute atomic E-state index is 14.0. The van der Waals surface area contributed by atoms with Gasteiger partial charge in [0, 0.05) is 37.9 Å². The molecule has 31 heavy (non-hydrogen) atoms.